The lowest BCUT2D eigenvalue weighted by Gasteiger charge is -2.62. The van der Waals surface area contributed by atoms with Crippen LogP contribution in [-0.2, 0) is 31.2 Å². The van der Waals surface area contributed by atoms with E-state index in [4.69, 9.17) is 15.0 Å². The smallest absolute Gasteiger partial charge is 0.229 e. The zero-order valence-electron chi connectivity index (χ0n) is 43.7. The van der Waals surface area contributed by atoms with Crippen LogP contribution in [0.2, 0.25) is 0 Å². The molecule has 6 aliphatic rings. The Kier molecular flexibility index (Phi) is 12.3. The number of anilines is 3. The first-order valence-electron chi connectivity index (χ1n) is 24.5. The second-order valence-corrected chi connectivity index (χ2v) is 27.9. The van der Waals surface area contributed by atoms with Gasteiger partial charge in [0.25, 0.3) is 0 Å². The van der Waals surface area contributed by atoms with Crippen molar-refractivity contribution in [2.75, 3.05) is 16.0 Å². The summed E-state index contributed by atoms with van der Waals surface area (Å²) in [5.74, 6) is 0.957. The molecule has 372 valence electrons. The summed E-state index contributed by atoms with van der Waals surface area (Å²) in [5.41, 5.74) is -9.46. The highest BCUT2D eigenvalue weighted by atomic mass is 16.5. The summed E-state index contributed by atoms with van der Waals surface area (Å²) in [6.45, 7) is 34.9. The summed E-state index contributed by atoms with van der Waals surface area (Å²) < 4.78 is 0. The van der Waals surface area contributed by atoms with E-state index in [2.05, 4.69) is 16.0 Å². The molecule has 18 heteroatoms. The topological polar surface area (TPSA) is 214 Å². The van der Waals surface area contributed by atoms with E-state index >= 15 is 0 Å². The molecule has 3 unspecified atom stereocenters. The van der Waals surface area contributed by atoms with Gasteiger partial charge in [0.1, 0.15) is 0 Å². The van der Waals surface area contributed by atoms with Gasteiger partial charge in [0.05, 0.1) is 16.6 Å². The number of piperidine rings is 6. The van der Waals surface area contributed by atoms with Gasteiger partial charge < -0.3 is 16.0 Å². The Balaban J connectivity index is 1.26. The van der Waals surface area contributed by atoms with Crippen LogP contribution in [0.5, 0.6) is 0 Å². The second-order valence-electron chi connectivity index (χ2n) is 27.9. The van der Waals surface area contributed by atoms with Crippen molar-refractivity contribution >= 4 is 17.8 Å². The minimum absolute atomic E-state index is 0.238. The maximum Gasteiger partial charge on any atom is 0.229 e. The molecule has 0 saturated carbocycles. The predicted octanol–water partition coefficient (Wildman–Crippen LogP) is 8.08. The van der Waals surface area contributed by atoms with E-state index in [0.717, 1.165) is 15.2 Å². The molecule has 7 rings (SSSR count). The van der Waals surface area contributed by atoms with Crippen molar-refractivity contribution in [2.45, 2.75) is 286 Å². The van der Waals surface area contributed by atoms with Gasteiger partial charge in [0.2, 0.25) is 17.8 Å². The van der Waals surface area contributed by atoms with Crippen LogP contribution in [-0.4, -0.2) is 130 Å². The molecule has 6 aliphatic heterocycles. The first-order chi connectivity index (χ1) is 29.6. The van der Waals surface area contributed by atoms with Crippen LogP contribution >= 0.6 is 0 Å². The van der Waals surface area contributed by atoms with Crippen molar-refractivity contribution in [1.29, 1.82) is 0 Å². The van der Waals surface area contributed by atoms with Crippen molar-refractivity contribution in [3.8, 4) is 0 Å². The summed E-state index contributed by atoms with van der Waals surface area (Å²) in [5, 5.41) is 102. The normalized spacial score (nSPS) is 34.3. The molecule has 18 nitrogen and oxygen atoms in total. The Bertz CT molecular complexity index is 1700. The van der Waals surface area contributed by atoms with Crippen molar-refractivity contribution in [3.63, 3.8) is 0 Å². The van der Waals surface area contributed by atoms with Gasteiger partial charge in [0.15, 0.2) is 0 Å². The van der Waals surface area contributed by atoms with Crippen LogP contribution in [0.25, 0.3) is 0 Å². The number of nitrogens with one attached hydrogen (secondary N) is 3. The van der Waals surface area contributed by atoms with E-state index in [1.54, 1.807) is 0 Å². The van der Waals surface area contributed by atoms with Gasteiger partial charge in [0, 0.05) is 68.0 Å². The molecule has 3 spiro atoms. The summed E-state index contributed by atoms with van der Waals surface area (Å²) in [7, 11) is 0. The Morgan fingerprint density at radius 3 is 0.667 bits per heavy atom. The molecule has 0 amide bonds. The first kappa shape index (κ1) is 51.8. The van der Waals surface area contributed by atoms with Gasteiger partial charge in [-0.1, -0.05) is 0 Å². The summed E-state index contributed by atoms with van der Waals surface area (Å²) in [4.78, 5) is 15.1. The molecule has 6 fully saturated rings. The maximum absolute atomic E-state index is 14.5. The Hall–Kier alpha value is -2.07. The fourth-order valence-corrected chi connectivity index (χ4v) is 16.0. The molecule has 7 heterocycles. The Morgan fingerprint density at radius 1 is 0.303 bits per heavy atom. The number of hydroxylamine groups is 12. The SMILES string of the molecule is CC1(C)CC2(CC(Nc3nc(NC4CC(C)(C)N([O])C5(C4)CC(C)(C)N([O])C(C)(C)C5)nc(NC4CC(C)(C)N([O])C5(C4)CC(C)(C)N([O])C(C)(C)C5)n3)CC(C)(C)N2[O])CC(C)(C)N1[O]. The minimum atomic E-state index is -0.830. The van der Waals surface area contributed by atoms with Crippen molar-refractivity contribution in [3.05, 3.63) is 0 Å². The van der Waals surface area contributed by atoms with E-state index in [1.165, 1.54) is 15.2 Å². The second kappa shape index (κ2) is 15.7. The average Bonchev–Trinajstić information content (AvgIpc) is 3.11. The number of aromatic nitrogens is 3. The molecule has 0 aliphatic carbocycles. The minimum Gasteiger partial charge on any atom is -0.351 e. The molecular weight excluding hydrogens is 841 g/mol. The third-order valence-electron chi connectivity index (χ3n) is 16.6. The third-order valence-corrected chi connectivity index (χ3v) is 16.6. The molecule has 6 saturated heterocycles. The van der Waals surface area contributed by atoms with E-state index in [0.29, 0.717) is 94.9 Å². The van der Waals surface area contributed by atoms with Gasteiger partial charge in [-0.05, 0) is 202 Å². The molecule has 1 aromatic rings. The number of hydrogen-bond acceptors (Lipinski definition) is 12. The van der Waals surface area contributed by atoms with E-state index in [-0.39, 0.29) is 18.1 Å². The first-order valence-corrected chi connectivity index (χ1v) is 24.5. The highest BCUT2D eigenvalue weighted by Gasteiger charge is 2.64. The third kappa shape index (κ3) is 8.99. The highest BCUT2D eigenvalue weighted by Crippen LogP contribution is 2.55. The standard InChI is InChI=1S/C48H84N12O6/c1-37(2)19-31(22-46(58(37)64)25-40(7,8)55(61)41(9,10)26-46)49-34-52-35(50-32-20-38(3,4)59(65)47(23-32)27-42(11,12)56(62)43(13,14)28-47)54-36(53-34)51-33-21-39(5,6)60(66)48(24-33)29-44(15,16)57(63)45(17,18)30-48/h31-33H,19-30H2,1-18H3,(H3,49,50,51,52,53,54). The summed E-state index contributed by atoms with van der Waals surface area (Å²) >= 11 is 0. The molecule has 6 radical (unpaired) electrons. The van der Waals surface area contributed by atoms with Crippen LogP contribution in [0.4, 0.5) is 17.8 Å². The zero-order valence-corrected chi connectivity index (χ0v) is 43.7. The van der Waals surface area contributed by atoms with Crippen molar-refractivity contribution in [1.82, 2.24) is 45.3 Å². The largest absolute Gasteiger partial charge is 0.351 e. The molecule has 0 aromatic carbocycles. The van der Waals surface area contributed by atoms with E-state index in [9.17, 15) is 31.2 Å². The van der Waals surface area contributed by atoms with Gasteiger partial charge in [-0.3, -0.25) is 0 Å². The van der Waals surface area contributed by atoms with Crippen LogP contribution in [0, 0.1) is 0 Å². The summed E-state index contributed by atoms with van der Waals surface area (Å²) in [6, 6.07) is -0.713. The lowest BCUT2D eigenvalue weighted by atomic mass is 9.63. The van der Waals surface area contributed by atoms with Crippen LogP contribution in [0.1, 0.15) is 202 Å². The Morgan fingerprint density at radius 2 is 0.485 bits per heavy atom. The zero-order chi connectivity index (χ0) is 49.7. The van der Waals surface area contributed by atoms with Gasteiger partial charge in [-0.2, -0.15) is 15.0 Å². The van der Waals surface area contributed by atoms with Gasteiger partial charge in [-0.15, -0.1) is 61.6 Å². The van der Waals surface area contributed by atoms with Gasteiger partial charge >= 0.3 is 0 Å². The molecular formula is C48H84N12O6. The number of hydrogen-bond donors (Lipinski definition) is 3. The fourth-order valence-electron chi connectivity index (χ4n) is 16.0. The quantitative estimate of drug-likeness (QED) is 0.247. The van der Waals surface area contributed by atoms with Crippen LogP contribution in [0.15, 0.2) is 0 Å². The molecule has 3 N–H and O–H groups in total. The lowest BCUT2D eigenvalue weighted by Crippen LogP contribution is -2.73. The van der Waals surface area contributed by atoms with Crippen LogP contribution < -0.4 is 16.0 Å². The molecule has 3 atom stereocenters. The number of rotatable bonds is 6. The molecule has 0 bridgehead atoms. The molecule has 66 heavy (non-hydrogen) atoms. The van der Waals surface area contributed by atoms with Crippen molar-refractivity contribution < 1.29 is 31.2 Å². The lowest BCUT2D eigenvalue weighted by molar-refractivity contribution is -0.360. The highest BCUT2D eigenvalue weighted by molar-refractivity contribution is 5.45. The average molecular weight is 925 g/mol. The van der Waals surface area contributed by atoms with Crippen molar-refractivity contribution in [2.24, 2.45) is 0 Å². The summed E-state index contributed by atoms with van der Waals surface area (Å²) in [6.07, 6.45) is 5.31. The monoisotopic (exact) mass is 925 g/mol. The predicted molar refractivity (Wildman–Crippen MR) is 248 cm³/mol. The number of nitrogens with zero attached hydrogens (tertiary/aromatic N) is 9. The van der Waals surface area contributed by atoms with E-state index in [1.807, 2.05) is 125 Å². The fraction of sp³-hybridized carbons (Fsp3) is 0.938. The molecule has 1 aromatic heterocycles. The van der Waals surface area contributed by atoms with Gasteiger partial charge in [-0.25, -0.2) is 0 Å². The van der Waals surface area contributed by atoms with E-state index < -0.39 is 66.5 Å². The van der Waals surface area contributed by atoms with Crippen LogP contribution in [0.3, 0.4) is 0 Å². The Labute approximate surface area is 395 Å². The maximum atomic E-state index is 14.5.